The van der Waals surface area contributed by atoms with Gasteiger partial charge in [0.1, 0.15) is 5.82 Å². The molecule has 2 N–H and O–H groups in total. The molecule has 6 heteroatoms. The van der Waals surface area contributed by atoms with Crippen molar-refractivity contribution < 1.29 is 13.9 Å². The molecule has 142 valence electrons. The van der Waals surface area contributed by atoms with E-state index in [4.69, 9.17) is 4.74 Å². The summed E-state index contributed by atoms with van der Waals surface area (Å²) in [6.45, 7) is 0.797. The van der Waals surface area contributed by atoms with Gasteiger partial charge in [0.05, 0.1) is 23.6 Å². The van der Waals surface area contributed by atoms with Crippen molar-refractivity contribution in [2.45, 2.75) is 44.2 Å². The van der Waals surface area contributed by atoms with E-state index in [9.17, 15) is 9.18 Å². The van der Waals surface area contributed by atoms with Crippen LogP contribution in [0.2, 0.25) is 0 Å². The van der Waals surface area contributed by atoms with Crippen LogP contribution in [0.3, 0.4) is 0 Å². The van der Waals surface area contributed by atoms with E-state index in [1.165, 1.54) is 44.0 Å². The third-order valence-electron chi connectivity index (χ3n) is 6.68. The van der Waals surface area contributed by atoms with E-state index >= 15 is 0 Å². The first-order chi connectivity index (χ1) is 13.2. The van der Waals surface area contributed by atoms with E-state index in [0.717, 1.165) is 13.0 Å². The summed E-state index contributed by atoms with van der Waals surface area (Å²) in [5.41, 5.74) is 1.65. The molecule has 1 saturated heterocycles. The maximum Gasteiger partial charge on any atom is 0.255 e. The van der Waals surface area contributed by atoms with Crippen molar-refractivity contribution in [2.75, 3.05) is 6.61 Å². The molecule has 2 heterocycles. The first kappa shape index (κ1) is 16.9. The Bertz CT molecular complexity index is 841. The summed E-state index contributed by atoms with van der Waals surface area (Å²) >= 11 is 0. The van der Waals surface area contributed by atoms with Crippen molar-refractivity contribution in [3.05, 3.63) is 41.8 Å². The molecule has 0 radical (unpaired) electrons. The third-order valence-corrected chi connectivity index (χ3v) is 6.68. The molecule has 0 bridgehead atoms. The summed E-state index contributed by atoms with van der Waals surface area (Å²) in [5.74, 6) is 1.03. The van der Waals surface area contributed by atoms with Gasteiger partial charge in [-0.05, 0) is 24.5 Å². The lowest BCUT2D eigenvalue weighted by Gasteiger charge is -2.50. The normalized spacial score (nSPS) is 30.1. The summed E-state index contributed by atoms with van der Waals surface area (Å²) in [7, 11) is 0. The fourth-order valence-electron chi connectivity index (χ4n) is 5.41. The van der Waals surface area contributed by atoms with E-state index < -0.39 is 0 Å². The molecule has 1 aliphatic heterocycles. The maximum absolute atomic E-state index is 13.6. The standard InChI is InChI=1S/C21H24FN3O2/c22-14-7-3-6-13(10-14)18-16(11-23-25-18)21(26)24-19-15-8-9-27-20(15)17(19)12-4-1-2-5-12/h3,6-7,10-12,15,17,19-20H,1-2,4-5,8-9H2,(H,23,25)(H,24,26)/t15-,17+,19+,20-/m0/s1. The lowest BCUT2D eigenvalue weighted by molar-refractivity contribution is -0.0784. The summed E-state index contributed by atoms with van der Waals surface area (Å²) in [6, 6.07) is 6.38. The van der Waals surface area contributed by atoms with Crippen LogP contribution in [0, 0.1) is 23.6 Å². The van der Waals surface area contributed by atoms with Gasteiger partial charge in [-0.15, -0.1) is 0 Å². The minimum Gasteiger partial charge on any atom is -0.377 e. The SMILES string of the molecule is O=C(N[C@@H]1[C@@H]2CCO[C@@H]2[C@@H]1C1CCCC1)c1cn[nH]c1-c1cccc(F)c1. The maximum atomic E-state index is 13.6. The number of nitrogens with zero attached hydrogens (tertiary/aromatic N) is 1. The first-order valence-corrected chi connectivity index (χ1v) is 9.94. The summed E-state index contributed by atoms with van der Waals surface area (Å²) in [4.78, 5) is 13.0. The van der Waals surface area contributed by atoms with Crippen molar-refractivity contribution in [3.8, 4) is 11.3 Å². The van der Waals surface area contributed by atoms with Gasteiger partial charge in [-0.3, -0.25) is 9.89 Å². The molecule has 2 aromatic rings. The number of hydrogen-bond acceptors (Lipinski definition) is 3. The fraction of sp³-hybridized carbons (Fsp3) is 0.524. The Morgan fingerprint density at radius 1 is 1.26 bits per heavy atom. The van der Waals surface area contributed by atoms with Gasteiger partial charge in [-0.1, -0.05) is 37.8 Å². The molecule has 2 aliphatic carbocycles. The molecule has 4 atom stereocenters. The molecule has 1 aromatic carbocycles. The number of fused-ring (bicyclic) bond motifs is 1. The average Bonchev–Trinajstić information content (AvgIpc) is 3.41. The third kappa shape index (κ3) is 2.87. The molecular weight excluding hydrogens is 345 g/mol. The van der Waals surface area contributed by atoms with Gasteiger partial charge in [-0.25, -0.2) is 4.39 Å². The van der Waals surface area contributed by atoms with Crippen molar-refractivity contribution in [1.29, 1.82) is 0 Å². The fourth-order valence-corrected chi connectivity index (χ4v) is 5.41. The van der Waals surface area contributed by atoms with Crippen LogP contribution in [0.1, 0.15) is 42.5 Å². The van der Waals surface area contributed by atoms with Gasteiger partial charge in [0, 0.05) is 30.0 Å². The van der Waals surface area contributed by atoms with Crippen LogP contribution in [-0.4, -0.2) is 34.9 Å². The largest absolute Gasteiger partial charge is 0.377 e. The number of amides is 1. The Balaban J connectivity index is 1.37. The molecule has 2 saturated carbocycles. The number of carbonyl (C=O) groups excluding carboxylic acids is 1. The zero-order valence-electron chi connectivity index (χ0n) is 15.2. The molecule has 1 aromatic heterocycles. The number of rotatable bonds is 4. The lowest BCUT2D eigenvalue weighted by Crippen LogP contribution is -2.63. The zero-order chi connectivity index (χ0) is 18.4. The highest BCUT2D eigenvalue weighted by Gasteiger charge is 2.57. The number of aromatic nitrogens is 2. The second-order valence-electron chi connectivity index (χ2n) is 8.08. The topological polar surface area (TPSA) is 67.0 Å². The molecule has 0 unspecified atom stereocenters. The van der Waals surface area contributed by atoms with Crippen molar-refractivity contribution in [1.82, 2.24) is 15.5 Å². The van der Waals surface area contributed by atoms with E-state index in [1.54, 1.807) is 12.1 Å². The number of hydrogen-bond donors (Lipinski definition) is 2. The Morgan fingerprint density at radius 3 is 2.93 bits per heavy atom. The molecule has 27 heavy (non-hydrogen) atoms. The summed E-state index contributed by atoms with van der Waals surface area (Å²) in [5, 5.41) is 10.1. The molecule has 1 amide bonds. The molecule has 3 fully saturated rings. The van der Waals surface area contributed by atoms with Crippen LogP contribution < -0.4 is 5.32 Å². The van der Waals surface area contributed by atoms with Gasteiger partial charge in [0.15, 0.2) is 0 Å². The number of H-pyrrole nitrogens is 1. The predicted molar refractivity (Wildman–Crippen MR) is 98.5 cm³/mol. The number of benzene rings is 1. The molecule has 5 nitrogen and oxygen atoms in total. The highest BCUT2D eigenvalue weighted by atomic mass is 19.1. The van der Waals surface area contributed by atoms with Gasteiger partial charge >= 0.3 is 0 Å². The Hall–Kier alpha value is -2.21. The lowest BCUT2D eigenvalue weighted by atomic mass is 9.61. The minimum absolute atomic E-state index is 0.138. The number of halogens is 1. The average molecular weight is 369 g/mol. The van der Waals surface area contributed by atoms with E-state index in [1.807, 2.05) is 0 Å². The van der Waals surface area contributed by atoms with Gasteiger partial charge in [-0.2, -0.15) is 5.10 Å². The van der Waals surface area contributed by atoms with Gasteiger partial charge in [0.2, 0.25) is 0 Å². The van der Waals surface area contributed by atoms with Crippen molar-refractivity contribution in [2.24, 2.45) is 17.8 Å². The monoisotopic (exact) mass is 369 g/mol. The van der Waals surface area contributed by atoms with Crippen LogP contribution in [-0.2, 0) is 4.74 Å². The van der Waals surface area contributed by atoms with E-state index in [-0.39, 0.29) is 17.8 Å². The molecule has 5 rings (SSSR count). The Labute approximate surface area is 157 Å². The van der Waals surface area contributed by atoms with Crippen LogP contribution >= 0.6 is 0 Å². The van der Waals surface area contributed by atoms with Crippen LogP contribution in [0.15, 0.2) is 30.5 Å². The molecule has 3 aliphatic rings. The second kappa shape index (κ2) is 6.75. The first-order valence-electron chi connectivity index (χ1n) is 9.94. The molecular formula is C21H24FN3O2. The minimum atomic E-state index is -0.334. The number of aromatic amines is 1. The van der Waals surface area contributed by atoms with E-state index in [0.29, 0.717) is 40.7 Å². The van der Waals surface area contributed by atoms with Crippen molar-refractivity contribution >= 4 is 5.91 Å². The molecule has 0 spiro atoms. The van der Waals surface area contributed by atoms with E-state index in [2.05, 4.69) is 15.5 Å². The Morgan fingerprint density at radius 2 is 2.11 bits per heavy atom. The summed E-state index contributed by atoms with van der Waals surface area (Å²) in [6.07, 6.45) is 7.90. The number of nitrogens with one attached hydrogen (secondary N) is 2. The Kier molecular flexibility index (Phi) is 4.23. The second-order valence-corrected chi connectivity index (χ2v) is 8.08. The quantitative estimate of drug-likeness (QED) is 0.866. The van der Waals surface area contributed by atoms with Crippen molar-refractivity contribution in [3.63, 3.8) is 0 Å². The highest BCUT2D eigenvalue weighted by molar-refractivity contribution is 6.00. The number of ether oxygens (including phenoxy) is 1. The van der Waals surface area contributed by atoms with Gasteiger partial charge < -0.3 is 10.1 Å². The van der Waals surface area contributed by atoms with Crippen LogP contribution in [0.4, 0.5) is 4.39 Å². The number of carbonyl (C=O) groups is 1. The highest BCUT2D eigenvalue weighted by Crippen LogP contribution is 2.51. The van der Waals surface area contributed by atoms with Gasteiger partial charge in [0.25, 0.3) is 5.91 Å². The van der Waals surface area contributed by atoms with Crippen LogP contribution in [0.25, 0.3) is 11.3 Å². The zero-order valence-corrected chi connectivity index (χ0v) is 15.2. The van der Waals surface area contributed by atoms with Crippen LogP contribution in [0.5, 0.6) is 0 Å². The summed E-state index contributed by atoms with van der Waals surface area (Å²) < 4.78 is 19.6. The predicted octanol–water partition coefficient (Wildman–Crippen LogP) is 3.54. The smallest absolute Gasteiger partial charge is 0.255 e.